The van der Waals surface area contributed by atoms with Gasteiger partial charge in [0.15, 0.2) is 0 Å². The number of methoxy groups -OCH3 is 1. The van der Waals surface area contributed by atoms with E-state index in [0.29, 0.717) is 37.4 Å². The summed E-state index contributed by atoms with van der Waals surface area (Å²) in [5, 5.41) is 9.44. The Labute approximate surface area is 107 Å². The van der Waals surface area contributed by atoms with E-state index >= 15 is 0 Å². The van der Waals surface area contributed by atoms with Gasteiger partial charge in [-0.2, -0.15) is 0 Å². The molecule has 0 spiro atoms. The van der Waals surface area contributed by atoms with Crippen LogP contribution in [0.5, 0.6) is 5.75 Å². The summed E-state index contributed by atoms with van der Waals surface area (Å²) in [6.45, 7) is 3.64. The molecule has 0 saturated heterocycles. The Kier molecular flexibility index (Phi) is 5.61. The Morgan fingerprint density at radius 3 is 2.72 bits per heavy atom. The lowest BCUT2D eigenvalue weighted by Gasteiger charge is -2.22. The van der Waals surface area contributed by atoms with Gasteiger partial charge in [-0.25, -0.2) is 0 Å². The van der Waals surface area contributed by atoms with E-state index in [0.717, 1.165) is 0 Å². The molecule has 0 heterocycles. The number of aryl methyl sites for hydroxylation is 1. The minimum Gasteiger partial charge on any atom is -0.508 e. The summed E-state index contributed by atoms with van der Waals surface area (Å²) < 4.78 is 4.97. The standard InChI is InChI=1S/C13H20N2O3/c1-10-9-11(3-4-12(10)16)13(17)15(6-5-14)7-8-18-2/h3-4,9,16H,5-8,14H2,1-2H3. The highest BCUT2D eigenvalue weighted by Crippen LogP contribution is 2.18. The van der Waals surface area contributed by atoms with Gasteiger partial charge in [0.2, 0.25) is 0 Å². The van der Waals surface area contributed by atoms with Crippen molar-refractivity contribution in [1.82, 2.24) is 4.90 Å². The van der Waals surface area contributed by atoms with E-state index in [2.05, 4.69) is 0 Å². The fourth-order valence-electron chi connectivity index (χ4n) is 1.64. The van der Waals surface area contributed by atoms with Gasteiger partial charge in [-0.15, -0.1) is 0 Å². The summed E-state index contributed by atoms with van der Waals surface area (Å²) in [4.78, 5) is 13.9. The zero-order valence-corrected chi connectivity index (χ0v) is 10.8. The number of amides is 1. The molecule has 1 aromatic carbocycles. The van der Waals surface area contributed by atoms with Crippen molar-refractivity contribution in [2.75, 3.05) is 33.4 Å². The summed E-state index contributed by atoms with van der Waals surface area (Å²) in [6, 6.07) is 4.81. The van der Waals surface area contributed by atoms with Crippen LogP contribution in [0.25, 0.3) is 0 Å². The molecular formula is C13H20N2O3. The maximum atomic E-state index is 12.2. The van der Waals surface area contributed by atoms with Gasteiger partial charge in [0, 0.05) is 32.3 Å². The number of carbonyl (C=O) groups is 1. The molecule has 5 nitrogen and oxygen atoms in total. The highest BCUT2D eigenvalue weighted by atomic mass is 16.5. The molecule has 1 rings (SSSR count). The predicted octanol–water partition coefficient (Wildman–Crippen LogP) is 0.748. The number of hydrogen-bond acceptors (Lipinski definition) is 4. The Bertz CT molecular complexity index is 407. The van der Waals surface area contributed by atoms with Crippen LogP contribution < -0.4 is 5.73 Å². The molecule has 0 atom stereocenters. The van der Waals surface area contributed by atoms with Gasteiger partial charge in [-0.1, -0.05) is 0 Å². The van der Waals surface area contributed by atoms with Crippen molar-refractivity contribution in [2.24, 2.45) is 5.73 Å². The van der Waals surface area contributed by atoms with Crippen LogP contribution >= 0.6 is 0 Å². The maximum Gasteiger partial charge on any atom is 0.253 e. The molecule has 0 unspecified atom stereocenters. The maximum absolute atomic E-state index is 12.2. The molecule has 0 aliphatic rings. The van der Waals surface area contributed by atoms with E-state index in [1.54, 1.807) is 31.1 Å². The number of nitrogens with zero attached hydrogens (tertiary/aromatic N) is 1. The van der Waals surface area contributed by atoms with Gasteiger partial charge >= 0.3 is 0 Å². The van der Waals surface area contributed by atoms with Crippen LogP contribution in [0.3, 0.4) is 0 Å². The van der Waals surface area contributed by atoms with Crippen molar-refractivity contribution >= 4 is 5.91 Å². The lowest BCUT2D eigenvalue weighted by Crippen LogP contribution is -2.37. The highest BCUT2D eigenvalue weighted by molar-refractivity contribution is 5.94. The van der Waals surface area contributed by atoms with Crippen LogP contribution in [0.4, 0.5) is 0 Å². The predicted molar refractivity (Wildman–Crippen MR) is 69.7 cm³/mol. The number of phenols is 1. The molecule has 0 aliphatic carbocycles. The van der Waals surface area contributed by atoms with Crippen LogP contribution in [0.15, 0.2) is 18.2 Å². The van der Waals surface area contributed by atoms with Crippen LogP contribution in [-0.2, 0) is 4.74 Å². The minimum absolute atomic E-state index is 0.0967. The van der Waals surface area contributed by atoms with Crippen LogP contribution in [0.2, 0.25) is 0 Å². The Balaban J connectivity index is 2.83. The Hall–Kier alpha value is -1.59. The topological polar surface area (TPSA) is 75.8 Å². The van der Waals surface area contributed by atoms with Crippen molar-refractivity contribution in [1.29, 1.82) is 0 Å². The van der Waals surface area contributed by atoms with Crippen molar-refractivity contribution in [3.63, 3.8) is 0 Å². The molecule has 5 heteroatoms. The van der Waals surface area contributed by atoms with Gasteiger partial charge in [-0.05, 0) is 30.7 Å². The van der Waals surface area contributed by atoms with Crippen LogP contribution in [0, 0.1) is 6.92 Å². The quantitative estimate of drug-likeness (QED) is 0.783. The number of phenolic OH excluding ortho intramolecular Hbond substituents is 1. The first-order valence-corrected chi connectivity index (χ1v) is 5.88. The third-order valence-electron chi connectivity index (χ3n) is 2.70. The van der Waals surface area contributed by atoms with Gasteiger partial charge < -0.3 is 20.5 Å². The zero-order chi connectivity index (χ0) is 13.5. The Morgan fingerprint density at radius 2 is 2.17 bits per heavy atom. The summed E-state index contributed by atoms with van der Waals surface area (Å²) in [5.41, 5.74) is 6.73. The number of hydrogen-bond donors (Lipinski definition) is 2. The third kappa shape index (κ3) is 3.72. The third-order valence-corrected chi connectivity index (χ3v) is 2.70. The van der Waals surface area contributed by atoms with Crippen molar-refractivity contribution < 1.29 is 14.6 Å². The molecular weight excluding hydrogens is 232 g/mol. The Morgan fingerprint density at radius 1 is 1.44 bits per heavy atom. The fraction of sp³-hybridized carbons (Fsp3) is 0.462. The molecule has 0 radical (unpaired) electrons. The number of nitrogens with two attached hydrogens (primary N) is 1. The lowest BCUT2D eigenvalue weighted by atomic mass is 10.1. The summed E-state index contributed by atoms with van der Waals surface area (Å²) in [6.07, 6.45) is 0. The number of benzene rings is 1. The molecule has 0 aliphatic heterocycles. The second kappa shape index (κ2) is 6.98. The molecule has 100 valence electrons. The largest absolute Gasteiger partial charge is 0.508 e. The van der Waals surface area contributed by atoms with Crippen molar-refractivity contribution in [2.45, 2.75) is 6.92 Å². The van der Waals surface area contributed by atoms with Gasteiger partial charge in [0.05, 0.1) is 6.61 Å². The molecule has 0 saturated carbocycles. The van der Waals surface area contributed by atoms with Gasteiger partial charge in [0.1, 0.15) is 5.75 Å². The van der Waals surface area contributed by atoms with Gasteiger partial charge in [-0.3, -0.25) is 4.79 Å². The average Bonchev–Trinajstić information content (AvgIpc) is 2.37. The molecule has 1 amide bonds. The first kappa shape index (κ1) is 14.5. The molecule has 1 aromatic rings. The monoisotopic (exact) mass is 252 g/mol. The molecule has 0 fully saturated rings. The smallest absolute Gasteiger partial charge is 0.253 e. The fourth-order valence-corrected chi connectivity index (χ4v) is 1.64. The lowest BCUT2D eigenvalue weighted by molar-refractivity contribution is 0.0701. The van der Waals surface area contributed by atoms with E-state index in [1.807, 2.05) is 0 Å². The van der Waals surface area contributed by atoms with Crippen molar-refractivity contribution in [3.05, 3.63) is 29.3 Å². The molecule has 0 aromatic heterocycles. The minimum atomic E-state index is -0.0967. The normalized spacial score (nSPS) is 10.4. The number of ether oxygens (including phenoxy) is 1. The second-order valence-corrected chi connectivity index (χ2v) is 4.07. The first-order valence-electron chi connectivity index (χ1n) is 5.88. The number of carbonyl (C=O) groups excluding carboxylic acids is 1. The number of aromatic hydroxyl groups is 1. The summed E-state index contributed by atoms with van der Waals surface area (Å²) >= 11 is 0. The van der Waals surface area contributed by atoms with E-state index in [1.165, 1.54) is 6.07 Å². The highest BCUT2D eigenvalue weighted by Gasteiger charge is 2.15. The van der Waals surface area contributed by atoms with E-state index in [9.17, 15) is 9.90 Å². The summed E-state index contributed by atoms with van der Waals surface area (Å²) in [7, 11) is 1.59. The number of rotatable bonds is 6. The van der Waals surface area contributed by atoms with E-state index < -0.39 is 0 Å². The van der Waals surface area contributed by atoms with E-state index in [4.69, 9.17) is 10.5 Å². The second-order valence-electron chi connectivity index (χ2n) is 4.07. The zero-order valence-electron chi connectivity index (χ0n) is 10.8. The SMILES string of the molecule is COCCN(CCN)C(=O)c1ccc(O)c(C)c1. The van der Waals surface area contributed by atoms with Gasteiger partial charge in [0.25, 0.3) is 5.91 Å². The summed E-state index contributed by atoms with van der Waals surface area (Å²) in [5.74, 6) is 0.0921. The van der Waals surface area contributed by atoms with Crippen molar-refractivity contribution in [3.8, 4) is 5.75 Å². The first-order chi connectivity index (χ1) is 8.60. The molecule has 3 N–H and O–H groups in total. The van der Waals surface area contributed by atoms with Crippen LogP contribution in [-0.4, -0.2) is 49.3 Å². The molecule has 18 heavy (non-hydrogen) atoms. The van der Waals surface area contributed by atoms with E-state index in [-0.39, 0.29) is 11.7 Å². The molecule has 0 bridgehead atoms. The van der Waals surface area contributed by atoms with Crippen LogP contribution in [0.1, 0.15) is 15.9 Å². The average molecular weight is 252 g/mol.